The normalized spacial score (nSPS) is 48.7. The molecule has 2 fully saturated rings. The number of nitrogens with zero attached hydrogens (tertiary/aromatic N) is 1. The molecule has 0 radical (unpaired) electrons. The van der Waals surface area contributed by atoms with Crippen LogP contribution in [0, 0.1) is 0 Å². The summed E-state index contributed by atoms with van der Waals surface area (Å²) in [6.45, 7) is 2.02. The Bertz CT molecular complexity index is 196. The maximum atomic E-state index is 5.33. The lowest BCUT2D eigenvalue weighted by molar-refractivity contribution is -0.0319. The summed E-state index contributed by atoms with van der Waals surface area (Å²) in [7, 11) is 6.89. The molecule has 0 saturated carbocycles. The predicted molar refractivity (Wildman–Crippen MR) is 59.1 cm³/mol. The highest BCUT2D eigenvalue weighted by Gasteiger charge is 2.53. The minimum atomic E-state index is 0.00347. The van der Waals surface area contributed by atoms with Gasteiger partial charge in [0.05, 0.1) is 6.04 Å². The highest BCUT2D eigenvalue weighted by Crippen LogP contribution is 2.36. The molecule has 0 aromatic carbocycles. The van der Waals surface area contributed by atoms with Gasteiger partial charge >= 0.3 is 0 Å². The SMILES string of the molecule is POC1[C@H]2CN2C[C@H](OP)[C@H]1OP. The van der Waals surface area contributed by atoms with Gasteiger partial charge in [-0.3, -0.25) is 4.90 Å². The van der Waals surface area contributed by atoms with E-state index >= 15 is 0 Å². The zero-order valence-corrected chi connectivity index (χ0v) is 10.6. The van der Waals surface area contributed by atoms with Crippen LogP contribution in [0.2, 0.25) is 0 Å². The zero-order valence-electron chi connectivity index (χ0n) is 7.13. The van der Waals surface area contributed by atoms with E-state index in [1.807, 2.05) is 0 Å². The van der Waals surface area contributed by atoms with Crippen molar-refractivity contribution in [2.24, 2.45) is 0 Å². The minimum absolute atomic E-state index is 0.00347. The number of fused-ring (bicyclic) bond motifs is 1. The third kappa shape index (κ3) is 1.92. The van der Waals surface area contributed by atoms with Crippen molar-refractivity contribution in [2.45, 2.75) is 24.4 Å². The molecule has 2 rings (SSSR count). The summed E-state index contributed by atoms with van der Waals surface area (Å²) in [4.78, 5) is 2.32. The third-order valence-electron chi connectivity index (χ3n) is 2.73. The predicted octanol–water partition coefficient (Wildman–Crippen LogP) is 0.210. The average molecular weight is 241 g/mol. The molecule has 0 amide bonds. The van der Waals surface area contributed by atoms with Crippen molar-refractivity contribution in [3.05, 3.63) is 0 Å². The monoisotopic (exact) mass is 241 g/mol. The van der Waals surface area contributed by atoms with Crippen LogP contribution in [0.15, 0.2) is 0 Å². The van der Waals surface area contributed by atoms with Crippen LogP contribution in [0.3, 0.4) is 0 Å². The van der Waals surface area contributed by atoms with Gasteiger partial charge in [-0.05, 0) is 0 Å². The largest absolute Gasteiger partial charge is 0.358 e. The fraction of sp³-hybridized carbons (Fsp3) is 1.00. The van der Waals surface area contributed by atoms with Crippen molar-refractivity contribution in [3.8, 4) is 0 Å². The summed E-state index contributed by atoms with van der Waals surface area (Å²) in [5.41, 5.74) is 0. The summed E-state index contributed by atoms with van der Waals surface area (Å²) in [6, 6.07) is 0.513. The van der Waals surface area contributed by atoms with Crippen molar-refractivity contribution >= 4 is 28.4 Å². The maximum absolute atomic E-state index is 5.33. The van der Waals surface area contributed by atoms with E-state index < -0.39 is 0 Å². The molecule has 2 aliphatic rings. The van der Waals surface area contributed by atoms with Crippen LogP contribution in [0.25, 0.3) is 0 Å². The molecule has 0 aromatic rings. The molecule has 8 atom stereocenters. The van der Waals surface area contributed by atoms with E-state index in [9.17, 15) is 0 Å². The average Bonchev–Trinajstić information content (AvgIpc) is 2.92. The summed E-state index contributed by atoms with van der Waals surface area (Å²) in [5.74, 6) is 0. The van der Waals surface area contributed by atoms with E-state index in [-0.39, 0.29) is 18.3 Å². The van der Waals surface area contributed by atoms with Gasteiger partial charge in [-0.25, -0.2) is 0 Å². The van der Waals surface area contributed by atoms with E-state index in [1.54, 1.807) is 0 Å². The summed E-state index contributed by atoms with van der Waals surface area (Å²) in [6.07, 6.45) is 0.178. The Hall–Kier alpha value is 1.13. The highest BCUT2D eigenvalue weighted by atomic mass is 31.0. The Kier molecular flexibility index (Phi) is 3.54. The zero-order chi connectivity index (χ0) is 9.42. The third-order valence-corrected chi connectivity index (χ3v) is 3.71. The highest BCUT2D eigenvalue weighted by molar-refractivity contribution is 7.10. The molecule has 2 aliphatic heterocycles. The van der Waals surface area contributed by atoms with Crippen LogP contribution in [-0.2, 0) is 13.6 Å². The second-order valence-electron chi connectivity index (χ2n) is 3.40. The first kappa shape index (κ1) is 10.6. The Morgan fingerprint density at radius 2 is 1.62 bits per heavy atom. The van der Waals surface area contributed by atoms with E-state index in [0.717, 1.165) is 13.1 Å². The summed E-state index contributed by atoms with van der Waals surface area (Å²) >= 11 is 0. The Morgan fingerprint density at radius 1 is 0.923 bits per heavy atom. The number of piperidine rings is 1. The molecule has 76 valence electrons. The van der Waals surface area contributed by atoms with Crippen molar-refractivity contribution in [3.63, 3.8) is 0 Å². The molecule has 4 nitrogen and oxygen atoms in total. The van der Waals surface area contributed by atoms with E-state index in [0.29, 0.717) is 6.04 Å². The Labute approximate surface area is 84.9 Å². The fourth-order valence-electron chi connectivity index (χ4n) is 1.93. The van der Waals surface area contributed by atoms with E-state index in [2.05, 4.69) is 33.3 Å². The first-order valence-corrected chi connectivity index (χ1v) is 5.54. The number of hydrogen-bond donors (Lipinski definition) is 0. The first-order chi connectivity index (χ1) is 6.31. The van der Waals surface area contributed by atoms with Gasteiger partial charge in [0.1, 0.15) is 18.3 Å². The Balaban J connectivity index is 2.06. The molecule has 13 heavy (non-hydrogen) atoms. The first-order valence-electron chi connectivity index (χ1n) is 4.12. The van der Waals surface area contributed by atoms with Crippen LogP contribution in [0.1, 0.15) is 0 Å². The molecular formula is C6H14NO3P3. The molecule has 0 aliphatic carbocycles. The minimum Gasteiger partial charge on any atom is -0.358 e. The van der Waals surface area contributed by atoms with Gasteiger partial charge in [-0.1, -0.05) is 0 Å². The molecule has 2 heterocycles. The van der Waals surface area contributed by atoms with E-state index in [4.69, 9.17) is 13.6 Å². The Morgan fingerprint density at radius 3 is 2.15 bits per heavy atom. The van der Waals surface area contributed by atoms with Crippen LogP contribution in [0.4, 0.5) is 0 Å². The topological polar surface area (TPSA) is 30.7 Å². The van der Waals surface area contributed by atoms with Crippen LogP contribution in [-0.4, -0.2) is 42.3 Å². The van der Waals surface area contributed by atoms with Crippen molar-refractivity contribution in [1.29, 1.82) is 0 Å². The quantitative estimate of drug-likeness (QED) is 0.522. The van der Waals surface area contributed by atoms with Crippen molar-refractivity contribution in [2.75, 3.05) is 13.1 Å². The lowest BCUT2D eigenvalue weighted by atomic mass is 10.0. The fourth-order valence-corrected chi connectivity index (χ4v) is 2.84. The molecule has 0 N–H and O–H groups in total. The van der Waals surface area contributed by atoms with E-state index in [1.165, 1.54) is 0 Å². The smallest absolute Gasteiger partial charge is 0.117 e. The van der Waals surface area contributed by atoms with Gasteiger partial charge in [0.2, 0.25) is 0 Å². The second kappa shape index (κ2) is 4.33. The standard InChI is InChI=1S/C6H14NO3P3/c11-8-4-2-7-1-3(7)5(9-12)6(4)10-13/h3-6H,1-2,11-13H2/t3-,4+,5?,6-,7?/m1/s1. The molecule has 5 unspecified atom stereocenters. The van der Waals surface area contributed by atoms with Crippen molar-refractivity contribution < 1.29 is 13.6 Å². The van der Waals surface area contributed by atoms with Gasteiger partial charge in [0.25, 0.3) is 0 Å². The van der Waals surface area contributed by atoms with Crippen LogP contribution < -0.4 is 0 Å². The number of hydrogen-bond acceptors (Lipinski definition) is 4. The van der Waals surface area contributed by atoms with Gasteiger partial charge in [-0.2, -0.15) is 0 Å². The molecule has 2 saturated heterocycles. The molecule has 7 heteroatoms. The van der Waals surface area contributed by atoms with Crippen molar-refractivity contribution in [1.82, 2.24) is 4.90 Å². The molecule has 0 bridgehead atoms. The van der Waals surface area contributed by atoms with Gasteiger partial charge in [0, 0.05) is 41.5 Å². The molecule has 0 aromatic heterocycles. The molecular weight excluding hydrogens is 227 g/mol. The maximum Gasteiger partial charge on any atom is 0.117 e. The summed E-state index contributed by atoms with van der Waals surface area (Å²) in [5, 5.41) is 0. The van der Waals surface area contributed by atoms with Gasteiger partial charge in [0.15, 0.2) is 0 Å². The number of rotatable bonds is 3. The second-order valence-corrected chi connectivity index (χ2v) is 4.21. The summed E-state index contributed by atoms with van der Waals surface area (Å²) < 4.78 is 15.9. The van der Waals surface area contributed by atoms with Crippen LogP contribution >= 0.6 is 28.4 Å². The van der Waals surface area contributed by atoms with Gasteiger partial charge in [-0.15, -0.1) is 0 Å². The lowest BCUT2D eigenvalue weighted by Crippen LogP contribution is -2.50. The van der Waals surface area contributed by atoms with Gasteiger partial charge < -0.3 is 13.6 Å². The lowest BCUT2D eigenvalue weighted by Gasteiger charge is -2.34. The van der Waals surface area contributed by atoms with Crippen LogP contribution in [0.5, 0.6) is 0 Å². The molecule has 0 spiro atoms.